The van der Waals surface area contributed by atoms with Gasteiger partial charge < -0.3 is 15.2 Å². The Hall–Kier alpha value is -3.17. The van der Waals surface area contributed by atoms with Gasteiger partial charge in [0.1, 0.15) is 0 Å². The summed E-state index contributed by atoms with van der Waals surface area (Å²) in [5.41, 5.74) is 0.500. The number of hydrogen-bond donors (Lipinski definition) is 1. The zero-order valence-electron chi connectivity index (χ0n) is 13.1. The van der Waals surface area contributed by atoms with E-state index in [4.69, 9.17) is 9.94 Å². The second-order valence-electron chi connectivity index (χ2n) is 5.26. The molecule has 0 saturated heterocycles. The summed E-state index contributed by atoms with van der Waals surface area (Å²) in [5.74, 6) is -2.30. The Morgan fingerprint density at radius 1 is 1.33 bits per heavy atom. The quantitative estimate of drug-likeness (QED) is 0.338. The first kappa shape index (κ1) is 17.2. The molecular formula is C14H16N4O6. The average molecular weight is 336 g/mol. The van der Waals surface area contributed by atoms with Crippen molar-refractivity contribution in [3.05, 3.63) is 40.6 Å². The summed E-state index contributed by atoms with van der Waals surface area (Å²) < 4.78 is 0. The smallest absolute Gasteiger partial charge is 0.329 e. The highest BCUT2D eigenvalue weighted by atomic mass is 16.7. The number of hydrogen-bond acceptors (Lipinski definition) is 6. The molecule has 2 rings (SSSR count). The Morgan fingerprint density at radius 3 is 2.33 bits per heavy atom. The van der Waals surface area contributed by atoms with Gasteiger partial charge >= 0.3 is 5.97 Å². The Kier molecular flexibility index (Phi) is 4.97. The van der Waals surface area contributed by atoms with E-state index in [-0.39, 0.29) is 16.1 Å². The average Bonchev–Trinajstić information content (AvgIpc) is 2.77. The lowest BCUT2D eigenvalue weighted by atomic mass is 10.1. The zero-order chi connectivity index (χ0) is 17.9. The summed E-state index contributed by atoms with van der Waals surface area (Å²) in [4.78, 5) is 40.4. The highest BCUT2D eigenvalue weighted by Gasteiger charge is 2.35. The van der Waals surface area contributed by atoms with Crippen LogP contribution in [0.3, 0.4) is 0 Å². The van der Waals surface area contributed by atoms with Crippen molar-refractivity contribution in [2.75, 3.05) is 13.3 Å². The molecule has 0 aliphatic carbocycles. The Bertz CT molecular complexity index is 667. The lowest BCUT2D eigenvalue weighted by Gasteiger charge is -2.19. The predicted octanol–water partition coefficient (Wildman–Crippen LogP) is 0.844. The number of aliphatic carboxylic acids is 1. The Balaban J connectivity index is 2.02. The van der Waals surface area contributed by atoms with Crippen LogP contribution in [0.25, 0.3) is 0 Å². The molecule has 0 aromatic heterocycles. The Labute approximate surface area is 137 Å². The van der Waals surface area contributed by atoms with E-state index >= 15 is 0 Å². The van der Waals surface area contributed by atoms with Crippen molar-refractivity contribution in [3.63, 3.8) is 0 Å². The molecule has 0 unspecified atom stereocenters. The van der Waals surface area contributed by atoms with Gasteiger partial charge in [-0.1, -0.05) is 12.1 Å². The number of carboxylic acids is 1. The number of carbonyl (C=O) groups is 3. The standard InChI is InChI=1S/C14H16N4O6/c1-9(2)17(7-12(19)20)18(23)15-24-8-16-13(21)10-5-3-4-6-11(10)14(16)22/h3-6,9H,7-8H2,1-2H3,(H,19,20)/b18-15-. The largest absolute Gasteiger partial charge is 0.569 e. The van der Waals surface area contributed by atoms with E-state index in [1.54, 1.807) is 26.0 Å². The molecule has 1 aliphatic heterocycles. The summed E-state index contributed by atoms with van der Waals surface area (Å²) in [7, 11) is 0. The maximum atomic E-state index is 12.1. The molecule has 0 spiro atoms. The number of amides is 2. The number of fused-ring (bicyclic) bond motifs is 1. The topological polar surface area (TPSA) is 126 Å². The van der Waals surface area contributed by atoms with E-state index in [2.05, 4.69) is 5.28 Å². The molecule has 1 heterocycles. The number of benzene rings is 1. The van der Waals surface area contributed by atoms with E-state index in [0.717, 1.165) is 9.91 Å². The van der Waals surface area contributed by atoms with Gasteiger partial charge in [-0.3, -0.25) is 14.4 Å². The van der Waals surface area contributed by atoms with Crippen molar-refractivity contribution in [2.45, 2.75) is 19.9 Å². The fourth-order valence-corrected chi connectivity index (χ4v) is 2.12. The molecule has 10 heteroatoms. The third-order valence-electron chi connectivity index (χ3n) is 3.31. The molecule has 24 heavy (non-hydrogen) atoms. The first-order valence-corrected chi connectivity index (χ1v) is 7.06. The molecule has 1 aromatic rings. The Morgan fingerprint density at radius 2 is 1.88 bits per heavy atom. The molecule has 128 valence electrons. The lowest BCUT2D eigenvalue weighted by molar-refractivity contribution is -0.715. The van der Waals surface area contributed by atoms with E-state index in [0.29, 0.717) is 0 Å². The van der Waals surface area contributed by atoms with Gasteiger partial charge in [0.15, 0.2) is 6.54 Å². The minimum atomic E-state index is -1.21. The van der Waals surface area contributed by atoms with E-state index in [9.17, 15) is 19.6 Å². The van der Waals surface area contributed by atoms with Crippen LogP contribution in [-0.2, 0) is 9.63 Å². The van der Waals surface area contributed by atoms with Gasteiger partial charge in [-0.05, 0) is 26.0 Å². The first-order chi connectivity index (χ1) is 11.3. The second-order valence-corrected chi connectivity index (χ2v) is 5.26. The maximum absolute atomic E-state index is 12.1. The SMILES string of the molecule is CC(C)N(CC(=O)O)/[N+]([O-])=N/OCN1C(=O)c2ccccc2C1=O. The van der Waals surface area contributed by atoms with Gasteiger partial charge in [0.25, 0.3) is 11.8 Å². The monoisotopic (exact) mass is 336 g/mol. The van der Waals surface area contributed by atoms with Gasteiger partial charge in [-0.15, -0.1) is 5.01 Å². The summed E-state index contributed by atoms with van der Waals surface area (Å²) in [5, 5.41) is 24.6. The molecule has 0 bridgehead atoms. The van der Waals surface area contributed by atoms with Crippen molar-refractivity contribution in [3.8, 4) is 0 Å². The minimum Gasteiger partial charge on any atom is -0.569 e. The van der Waals surface area contributed by atoms with E-state index < -0.39 is 37.1 Å². The first-order valence-electron chi connectivity index (χ1n) is 7.06. The van der Waals surface area contributed by atoms with Crippen LogP contribution in [0.2, 0.25) is 0 Å². The maximum Gasteiger partial charge on any atom is 0.329 e. The number of imide groups is 1. The van der Waals surface area contributed by atoms with Gasteiger partial charge in [-0.2, -0.15) is 0 Å². The van der Waals surface area contributed by atoms with Crippen molar-refractivity contribution in [2.24, 2.45) is 5.28 Å². The molecule has 1 N–H and O–H groups in total. The van der Waals surface area contributed by atoms with Crippen molar-refractivity contribution >= 4 is 17.8 Å². The molecule has 0 saturated carbocycles. The molecule has 1 aliphatic rings. The molecule has 10 nitrogen and oxygen atoms in total. The van der Waals surface area contributed by atoms with Crippen LogP contribution in [0.15, 0.2) is 29.5 Å². The van der Waals surface area contributed by atoms with Crippen LogP contribution in [-0.4, -0.2) is 57.1 Å². The lowest BCUT2D eigenvalue weighted by Crippen LogP contribution is -2.41. The van der Waals surface area contributed by atoms with Gasteiger partial charge in [0.2, 0.25) is 12.0 Å². The molecule has 0 atom stereocenters. The van der Waals surface area contributed by atoms with Crippen LogP contribution in [0.5, 0.6) is 0 Å². The van der Waals surface area contributed by atoms with Crippen LogP contribution in [0, 0.1) is 5.21 Å². The van der Waals surface area contributed by atoms with Crippen LogP contribution in [0.1, 0.15) is 34.6 Å². The summed E-state index contributed by atoms with van der Waals surface area (Å²) in [6.45, 7) is 2.09. The number of carbonyl (C=O) groups excluding carboxylic acids is 2. The molecule has 0 radical (unpaired) electrons. The van der Waals surface area contributed by atoms with Crippen molar-refractivity contribution < 1.29 is 29.3 Å². The normalized spacial score (nSPS) is 14.1. The van der Waals surface area contributed by atoms with E-state index in [1.807, 2.05) is 0 Å². The second kappa shape index (κ2) is 6.94. The number of nitrogens with zero attached hydrogens (tertiary/aromatic N) is 4. The highest BCUT2D eigenvalue weighted by Crippen LogP contribution is 2.22. The highest BCUT2D eigenvalue weighted by molar-refractivity contribution is 6.21. The van der Waals surface area contributed by atoms with Gasteiger partial charge in [0, 0.05) is 0 Å². The molecular weight excluding hydrogens is 320 g/mol. The van der Waals surface area contributed by atoms with Gasteiger partial charge in [0.05, 0.1) is 22.1 Å². The van der Waals surface area contributed by atoms with Crippen molar-refractivity contribution in [1.82, 2.24) is 9.91 Å². The van der Waals surface area contributed by atoms with Crippen LogP contribution < -0.4 is 0 Å². The number of rotatable bonds is 7. The fourth-order valence-electron chi connectivity index (χ4n) is 2.12. The molecule has 1 aromatic carbocycles. The van der Waals surface area contributed by atoms with Crippen molar-refractivity contribution in [1.29, 1.82) is 0 Å². The third-order valence-corrected chi connectivity index (χ3v) is 3.31. The van der Waals surface area contributed by atoms with Crippen LogP contribution >= 0.6 is 0 Å². The predicted molar refractivity (Wildman–Crippen MR) is 78.4 cm³/mol. The summed E-state index contributed by atoms with van der Waals surface area (Å²) >= 11 is 0. The molecule has 0 fully saturated rings. The zero-order valence-corrected chi connectivity index (χ0v) is 13.1. The fraction of sp³-hybridized carbons (Fsp3) is 0.357. The van der Waals surface area contributed by atoms with Gasteiger partial charge in [-0.25, -0.2) is 4.90 Å². The van der Waals surface area contributed by atoms with E-state index in [1.165, 1.54) is 12.1 Å². The summed E-state index contributed by atoms with van der Waals surface area (Å²) in [6.07, 6.45) is 0. The number of carboxylic acid groups (broad SMARTS) is 1. The third kappa shape index (κ3) is 3.42. The minimum absolute atomic E-state index is 0.0169. The summed E-state index contributed by atoms with van der Waals surface area (Å²) in [6, 6.07) is 5.85. The number of hydrazine groups is 1. The van der Waals surface area contributed by atoms with Crippen LogP contribution in [0.4, 0.5) is 0 Å². The molecule has 2 amide bonds.